The molecular weight excluding hydrogens is 204 g/mol. The molecule has 0 spiro atoms. The summed E-state index contributed by atoms with van der Waals surface area (Å²) in [5.74, 6) is 3.40. The Morgan fingerprint density at radius 1 is 1.24 bits per heavy atom. The summed E-state index contributed by atoms with van der Waals surface area (Å²) in [5, 5.41) is 0. The molecule has 0 nitrogen and oxygen atoms in total. The third-order valence-corrected chi connectivity index (χ3v) is 4.35. The molecule has 0 bridgehead atoms. The van der Waals surface area contributed by atoms with Crippen LogP contribution in [0, 0.1) is 23.7 Å². The summed E-state index contributed by atoms with van der Waals surface area (Å²) in [6.45, 7) is 11.9. The Hall–Kier alpha value is -0.260. The van der Waals surface area contributed by atoms with E-state index in [2.05, 4.69) is 40.7 Å². The van der Waals surface area contributed by atoms with E-state index in [-0.39, 0.29) is 0 Å². The zero-order chi connectivity index (χ0) is 12.8. The molecule has 0 saturated heterocycles. The second-order valence-corrected chi connectivity index (χ2v) is 6.60. The normalized spacial score (nSPS) is 29.9. The quantitative estimate of drug-likeness (QED) is 0.527. The molecule has 100 valence electrons. The molecule has 1 aliphatic carbocycles. The lowest BCUT2D eigenvalue weighted by Gasteiger charge is -2.33. The van der Waals surface area contributed by atoms with Gasteiger partial charge in [0, 0.05) is 0 Å². The van der Waals surface area contributed by atoms with Crippen molar-refractivity contribution in [1.82, 2.24) is 0 Å². The topological polar surface area (TPSA) is 0 Å². The van der Waals surface area contributed by atoms with E-state index < -0.39 is 0 Å². The smallest absolute Gasteiger partial charge is 0.0180 e. The van der Waals surface area contributed by atoms with Crippen molar-refractivity contribution in [3.05, 3.63) is 11.6 Å². The summed E-state index contributed by atoms with van der Waals surface area (Å²) in [6, 6.07) is 0. The lowest BCUT2D eigenvalue weighted by Crippen LogP contribution is -2.20. The summed E-state index contributed by atoms with van der Waals surface area (Å²) >= 11 is 0. The van der Waals surface area contributed by atoms with E-state index in [4.69, 9.17) is 0 Å². The molecule has 0 heteroatoms. The lowest BCUT2D eigenvalue weighted by atomic mass is 9.73. The highest BCUT2D eigenvalue weighted by Gasteiger charge is 2.25. The first-order chi connectivity index (χ1) is 8.04. The third kappa shape index (κ3) is 4.85. The van der Waals surface area contributed by atoms with E-state index in [9.17, 15) is 0 Å². The minimum atomic E-state index is 0.788. The summed E-state index contributed by atoms with van der Waals surface area (Å²) in [4.78, 5) is 0. The molecule has 17 heavy (non-hydrogen) atoms. The predicted octanol–water partition coefficient (Wildman–Crippen LogP) is 5.83. The van der Waals surface area contributed by atoms with Gasteiger partial charge in [0.25, 0.3) is 0 Å². The van der Waals surface area contributed by atoms with Crippen LogP contribution in [0.3, 0.4) is 0 Å². The second kappa shape index (κ2) is 7.24. The van der Waals surface area contributed by atoms with Crippen molar-refractivity contribution in [1.29, 1.82) is 0 Å². The van der Waals surface area contributed by atoms with Crippen LogP contribution in [0.5, 0.6) is 0 Å². The molecule has 1 fully saturated rings. The molecule has 0 heterocycles. The van der Waals surface area contributed by atoms with Crippen molar-refractivity contribution in [2.45, 2.75) is 73.1 Å². The fraction of sp³-hybridized carbons (Fsp3) is 0.882. The maximum Gasteiger partial charge on any atom is -0.0180 e. The van der Waals surface area contributed by atoms with Gasteiger partial charge >= 0.3 is 0 Å². The van der Waals surface area contributed by atoms with Crippen LogP contribution in [0.25, 0.3) is 0 Å². The van der Waals surface area contributed by atoms with Crippen molar-refractivity contribution >= 4 is 0 Å². The van der Waals surface area contributed by atoms with Crippen LogP contribution in [0.15, 0.2) is 11.6 Å². The summed E-state index contributed by atoms with van der Waals surface area (Å²) in [7, 11) is 0. The van der Waals surface area contributed by atoms with Gasteiger partial charge in [-0.1, -0.05) is 59.1 Å². The van der Waals surface area contributed by atoms with Gasteiger partial charge in [0.2, 0.25) is 0 Å². The maximum absolute atomic E-state index is 2.62. The van der Waals surface area contributed by atoms with Crippen molar-refractivity contribution in [3.8, 4) is 0 Å². The predicted molar refractivity (Wildman–Crippen MR) is 78.1 cm³/mol. The minimum absolute atomic E-state index is 0.788. The Balaban J connectivity index is 2.64. The second-order valence-electron chi connectivity index (χ2n) is 6.60. The lowest BCUT2D eigenvalue weighted by molar-refractivity contribution is 0.305. The van der Waals surface area contributed by atoms with Crippen LogP contribution < -0.4 is 0 Å². The van der Waals surface area contributed by atoms with Crippen LogP contribution in [0.1, 0.15) is 73.1 Å². The highest BCUT2D eigenvalue weighted by Crippen LogP contribution is 2.38. The zero-order valence-electron chi connectivity index (χ0n) is 12.6. The molecule has 1 rings (SSSR count). The molecule has 1 saturated carbocycles. The molecule has 0 aromatic rings. The van der Waals surface area contributed by atoms with Gasteiger partial charge in [0.1, 0.15) is 0 Å². The van der Waals surface area contributed by atoms with Gasteiger partial charge in [-0.25, -0.2) is 0 Å². The van der Waals surface area contributed by atoms with Gasteiger partial charge in [0.15, 0.2) is 0 Å². The molecule has 0 amide bonds. The number of hydrogen-bond donors (Lipinski definition) is 0. The van der Waals surface area contributed by atoms with Crippen LogP contribution in [0.2, 0.25) is 0 Å². The SMILES string of the molecule is CCCC[C@@H](C)/C=C1\C[C@H](C)CC[C@H]1C(C)C. The Kier molecular flexibility index (Phi) is 6.30. The van der Waals surface area contributed by atoms with E-state index in [0.29, 0.717) is 0 Å². The van der Waals surface area contributed by atoms with Crippen molar-refractivity contribution in [2.75, 3.05) is 0 Å². The fourth-order valence-corrected chi connectivity index (χ4v) is 3.23. The van der Waals surface area contributed by atoms with Gasteiger partial charge in [-0.05, 0) is 49.4 Å². The monoisotopic (exact) mass is 236 g/mol. The molecule has 0 unspecified atom stereocenters. The van der Waals surface area contributed by atoms with Gasteiger partial charge in [-0.3, -0.25) is 0 Å². The van der Waals surface area contributed by atoms with E-state index in [1.165, 1.54) is 38.5 Å². The Morgan fingerprint density at radius 2 is 1.94 bits per heavy atom. The van der Waals surface area contributed by atoms with Crippen molar-refractivity contribution < 1.29 is 0 Å². The third-order valence-electron chi connectivity index (χ3n) is 4.35. The first-order valence-corrected chi connectivity index (χ1v) is 7.75. The van der Waals surface area contributed by atoms with E-state index in [1.54, 1.807) is 5.57 Å². The van der Waals surface area contributed by atoms with Crippen LogP contribution in [-0.2, 0) is 0 Å². The highest BCUT2D eigenvalue weighted by molar-refractivity contribution is 5.12. The van der Waals surface area contributed by atoms with Crippen molar-refractivity contribution in [2.24, 2.45) is 23.7 Å². The van der Waals surface area contributed by atoms with Crippen LogP contribution in [-0.4, -0.2) is 0 Å². The largest absolute Gasteiger partial charge is 0.0822 e. The fourth-order valence-electron chi connectivity index (χ4n) is 3.23. The molecule has 3 atom stereocenters. The maximum atomic E-state index is 2.62. The molecule has 0 N–H and O–H groups in total. The molecule has 1 aliphatic rings. The number of allylic oxidation sites excluding steroid dienone is 2. The molecule has 0 radical (unpaired) electrons. The Labute approximate surface area is 109 Å². The van der Waals surface area contributed by atoms with Crippen LogP contribution >= 0.6 is 0 Å². The average Bonchev–Trinajstić information content (AvgIpc) is 2.26. The van der Waals surface area contributed by atoms with E-state index in [1.807, 2.05) is 0 Å². The van der Waals surface area contributed by atoms with Crippen molar-refractivity contribution in [3.63, 3.8) is 0 Å². The van der Waals surface area contributed by atoms with Gasteiger partial charge in [0.05, 0.1) is 0 Å². The average molecular weight is 236 g/mol. The Morgan fingerprint density at radius 3 is 2.53 bits per heavy atom. The summed E-state index contributed by atoms with van der Waals surface area (Å²) in [5.41, 5.74) is 1.78. The number of rotatable bonds is 5. The van der Waals surface area contributed by atoms with Crippen LogP contribution in [0.4, 0.5) is 0 Å². The van der Waals surface area contributed by atoms with Gasteiger partial charge < -0.3 is 0 Å². The van der Waals surface area contributed by atoms with Gasteiger partial charge in [-0.2, -0.15) is 0 Å². The Bertz CT molecular complexity index is 236. The van der Waals surface area contributed by atoms with E-state index in [0.717, 1.165) is 23.7 Å². The molecular formula is C17H32. The standard InChI is InChI=1S/C17H32/c1-6-7-8-14(4)11-16-12-15(5)9-10-17(16)13(2)3/h11,13-15,17H,6-10,12H2,1-5H3/b16-11+/t14-,15-,17+/m1/s1. The number of hydrogen-bond acceptors (Lipinski definition) is 0. The summed E-state index contributed by atoms with van der Waals surface area (Å²) in [6.07, 6.45) is 10.9. The first kappa shape index (κ1) is 14.8. The highest BCUT2D eigenvalue weighted by atomic mass is 14.3. The molecule has 0 aliphatic heterocycles. The number of unbranched alkanes of at least 4 members (excludes halogenated alkanes) is 1. The zero-order valence-corrected chi connectivity index (χ0v) is 12.6. The minimum Gasteiger partial charge on any atom is -0.0822 e. The first-order valence-electron chi connectivity index (χ1n) is 7.75. The van der Waals surface area contributed by atoms with Gasteiger partial charge in [-0.15, -0.1) is 0 Å². The molecule has 0 aromatic carbocycles. The summed E-state index contributed by atoms with van der Waals surface area (Å²) < 4.78 is 0. The van der Waals surface area contributed by atoms with E-state index >= 15 is 0 Å². The molecule has 0 aromatic heterocycles.